The zero-order chi connectivity index (χ0) is 58.4. The number of hydrogen-bond acceptors (Lipinski definition) is 7. The first-order valence-electron chi connectivity index (χ1n) is 32.6. The highest BCUT2D eigenvalue weighted by Gasteiger charge is 2.27. The molecule has 0 spiro atoms. The molecule has 0 radical (unpaired) electrons. The van der Waals surface area contributed by atoms with Crippen molar-refractivity contribution in [3.05, 3.63) is 109 Å². The van der Waals surface area contributed by atoms with Crippen LogP contribution >= 0.6 is 7.82 Å². The third-order valence-corrected chi connectivity index (χ3v) is 14.8. The summed E-state index contributed by atoms with van der Waals surface area (Å²) in [7, 11) is 1.46. The number of hydrogen-bond donors (Lipinski definition) is 1. The van der Waals surface area contributed by atoms with Crippen LogP contribution in [0.3, 0.4) is 0 Å². The minimum atomic E-state index is -4.40. The fraction of sp³-hybridized carbons (Fsp3) is 0.714. The van der Waals surface area contributed by atoms with E-state index in [1.54, 1.807) is 0 Å². The lowest BCUT2D eigenvalue weighted by Crippen LogP contribution is -2.37. The maximum Gasteiger partial charge on any atom is 0.472 e. The van der Waals surface area contributed by atoms with Gasteiger partial charge in [0.15, 0.2) is 6.10 Å². The van der Waals surface area contributed by atoms with Gasteiger partial charge in [-0.25, -0.2) is 4.57 Å². The van der Waals surface area contributed by atoms with Crippen LogP contribution in [0.15, 0.2) is 109 Å². The topological polar surface area (TPSA) is 108 Å². The molecule has 0 heterocycles. The summed E-state index contributed by atoms with van der Waals surface area (Å²) >= 11 is 0. The SMILES string of the molecule is CC/C=C\C/C=C\C/C=C\C/C=C\C/C=C\C/C=C\C/C=C\C/C=C\CCCCCCCCCCC(=O)OC(COC(=O)CCCCCCCCCCCCC/C=C\CCCCCCCCCC)COP(=O)(O)OCC[N+](C)(C)C. The van der Waals surface area contributed by atoms with Crippen LogP contribution in [-0.4, -0.2) is 74.9 Å². The van der Waals surface area contributed by atoms with Gasteiger partial charge in [-0.2, -0.15) is 0 Å². The van der Waals surface area contributed by atoms with E-state index in [9.17, 15) is 19.0 Å². The molecule has 0 aromatic rings. The van der Waals surface area contributed by atoms with Crippen molar-refractivity contribution in [2.75, 3.05) is 47.5 Å². The second-order valence-corrected chi connectivity index (χ2v) is 24.2. The number of quaternary nitrogens is 1. The van der Waals surface area contributed by atoms with Crippen molar-refractivity contribution in [2.45, 2.75) is 277 Å². The third kappa shape index (κ3) is 63.8. The predicted octanol–water partition coefficient (Wildman–Crippen LogP) is 20.9. The van der Waals surface area contributed by atoms with Crippen molar-refractivity contribution < 1.29 is 42.1 Å². The smallest absolute Gasteiger partial charge is 0.462 e. The van der Waals surface area contributed by atoms with Crippen LogP contribution in [-0.2, 0) is 32.7 Å². The summed E-state index contributed by atoms with van der Waals surface area (Å²) in [5.74, 6) is -0.807. The molecule has 460 valence electrons. The standard InChI is InChI=1S/C70H122NO8P/c1-6-8-10-12-14-16-18-20-22-24-26-28-30-31-32-33-34-35-36-37-38-39-41-43-45-47-49-51-53-55-57-59-61-63-70(73)79-68(67-78-80(74,75)77-65-64-71(3,4)5)66-76-69(72)62-60-58-56-54-52-50-48-46-44-42-40-29-27-25-23-21-19-17-15-13-11-9-7-2/h8,10,14,16,20,22,25-28,31-32,34-35,37-38,41,43,68H,6-7,9,11-13,15,17-19,21,23-24,29-30,33,36,39-40,42,44-67H2,1-5H3/p+1/b10-8-,16-14-,22-20-,27-25-,28-26-,32-31-,35-34-,38-37-,43-41-. The van der Waals surface area contributed by atoms with E-state index < -0.39 is 26.5 Å². The number of esters is 2. The number of phosphoric acid groups is 1. The number of unbranched alkanes of at least 4 members (excludes halogenated alkanes) is 27. The summed E-state index contributed by atoms with van der Waals surface area (Å²) in [6.45, 7) is 4.32. The van der Waals surface area contributed by atoms with Gasteiger partial charge in [-0.1, -0.05) is 264 Å². The van der Waals surface area contributed by atoms with Crippen LogP contribution in [0, 0.1) is 0 Å². The van der Waals surface area contributed by atoms with Crippen molar-refractivity contribution in [1.82, 2.24) is 0 Å². The Hall–Kier alpha value is -3.33. The van der Waals surface area contributed by atoms with Gasteiger partial charge in [-0.05, 0) is 103 Å². The second kappa shape index (κ2) is 60.3. The number of rotatable bonds is 59. The maximum absolute atomic E-state index is 12.9. The van der Waals surface area contributed by atoms with E-state index in [2.05, 4.69) is 123 Å². The zero-order valence-electron chi connectivity index (χ0n) is 52.3. The van der Waals surface area contributed by atoms with Gasteiger partial charge in [-0.15, -0.1) is 0 Å². The van der Waals surface area contributed by atoms with Crippen LogP contribution in [0.25, 0.3) is 0 Å². The van der Waals surface area contributed by atoms with E-state index in [1.807, 2.05) is 21.1 Å². The first-order chi connectivity index (χ1) is 39.0. The molecule has 2 unspecified atom stereocenters. The number of carbonyl (C=O) groups is 2. The first kappa shape index (κ1) is 76.7. The van der Waals surface area contributed by atoms with E-state index in [1.165, 1.54) is 141 Å². The van der Waals surface area contributed by atoms with Crippen LogP contribution < -0.4 is 0 Å². The van der Waals surface area contributed by atoms with Crippen LogP contribution in [0.4, 0.5) is 0 Å². The Labute approximate surface area is 493 Å². The molecular formula is C70H123NO8P+. The number of allylic oxidation sites excluding steroid dienone is 18. The van der Waals surface area contributed by atoms with E-state index in [0.717, 1.165) is 96.3 Å². The molecule has 0 amide bonds. The monoisotopic (exact) mass is 1140 g/mol. The van der Waals surface area contributed by atoms with E-state index in [0.29, 0.717) is 17.4 Å². The van der Waals surface area contributed by atoms with Crippen molar-refractivity contribution in [3.8, 4) is 0 Å². The summed E-state index contributed by atoms with van der Waals surface area (Å²) in [6, 6.07) is 0. The summed E-state index contributed by atoms with van der Waals surface area (Å²) < 4.78 is 34.7. The fourth-order valence-corrected chi connectivity index (χ4v) is 9.53. The van der Waals surface area contributed by atoms with E-state index in [4.69, 9.17) is 18.5 Å². The first-order valence-corrected chi connectivity index (χ1v) is 34.1. The average Bonchev–Trinajstić information content (AvgIpc) is 3.42. The minimum absolute atomic E-state index is 0.0253. The average molecular weight is 1140 g/mol. The lowest BCUT2D eigenvalue weighted by molar-refractivity contribution is -0.870. The summed E-state index contributed by atoms with van der Waals surface area (Å²) in [5.41, 5.74) is 0. The largest absolute Gasteiger partial charge is 0.472 e. The van der Waals surface area contributed by atoms with E-state index in [-0.39, 0.29) is 32.0 Å². The third-order valence-electron chi connectivity index (χ3n) is 13.8. The van der Waals surface area contributed by atoms with Gasteiger partial charge in [0, 0.05) is 12.8 Å². The molecule has 0 saturated heterocycles. The number of ether oxygens (including phenoxy) is 2. The normalized spacial score (nSPS) is 13.9. The van der Waals surface area contributed by atoms with Gasteiger partial charge in [-0.3, -0.25) is 18.6 Å². The van der Waals surface area contributed by atoms with E-state index >= 15 is 0 Å². The minimum Gasteiger partial charge on any atom is -0.462 e. The van der Waals surface area contributed by atoms with Gasteiger partial charge in [0.25, 0.3) is 0 Å². The lowest BCUT2D eigenvalue weighted by atomic mass is 10.0. The molecule has 0 aromatic carbocycles. The quantitative estimate of drug-likeness (QED) is 0.0211. The molecule has 0 aliphatic rings. The Morgan fingerprint density at radius 1 is 0.400 bits per heavy atom. The lowest BCUT2D eigenvalue weighted by Gasteiger charge is -2.24. The summed E-state index contributed by atoms with van der Waals surface area (Å²) in [5, 5.41) is 0. The molecule has 2 atom stereocenters. The van der Waals surface area contributed by atoms with Crippen molar-refractivity contribution in [2.24, 2.45) is 0 Å². The highest BCUT2D eigenvalue weighted by atomic mass is 31.2. The molecular weight excluding hydrogens is 1010 g/mol. The molecule has 0 aliphatic carbocycles. The molecule has 0 fully saturated rings. The number of nitrogens with zero attached hydrogens (tertiary/aromatic N) is 1. The Balaban J connectivity index is 4.15. The molecule has 0 rings (SSSR count). The van der Waals surface area contributed by atoms with Crippen molar-refractivity contribution in [1.29, 1.82) is 0 Å². The zero-order valence-corrected chi connectivity index (χ0v) is 53.2. The maximum atomic E-state index is 12.9. The van der Waals surface area contributed by atoms with Gasteiger partial charge >= 0.3 is 19.8 Å². The highest BCUT2D eigenvalue weighted by Crippen LogP contribution is 2.43. The van der Waals surface area contributed by atoms with Gasteiger partial charge < -0.3 is 18.9 Å². The van der Waals surface area contributed by atoms with Crippen molar-refractivity contribution >= 4 is 19.8 Å². The summed E-state index contributed by atoms with van der Waals surface area (Å²) in [6.07, 6.45) is 84.5. The number of phosphoric ester groups is 1. The van der Waals surface area contributed by atoms with Gasteiger partial charge in [0.2, 0.25) is 0 Å². The Morgan fingerprint density at radius 3 is 1.07 bits per heavy atom. The summed E-state index contributed by atoms with van der Waals surface area (Å²) in [4.78, 5) is 35.8. The molecule has 0 aliphatic heterocycles. The molecule has 80 heavy (non-hydrogen) atoms. The van der Waals surface area contributed by atoms with Crippen LogP contribution in [0.5, 0.6) is 0 Å². The van der Waals surface area contributed by atoms with Gasteiger partial charge in [0.05, 0.1) is 27.7 Å². The Bertz CT molecular complexity index is 1720. The van der Waals surface area contributed by atoms with Gasteiger partial charge in [0.1, 0.15) is 19.8 Å². The molecule has 9 nitrogen and oxygen atoms in total. The van der Waals surface area contributed by atoms with Crippen molar-refractivity contribution in [3.63, 3.8) is 0 Å². The van der Waals surface area contributed by atoms with Crippen LogP contribution in [0.2, 0.25) is 0 Å². The van der Waals surface area contributed by atoms with Crippen LogP contribution in [0.1, 0.15) is 271 Å². The molecule has 0 aromatic heterocycles. The fourth-order valence-electron chi connectivity index (χ4n) is 8.79. The Morgan fingerprint density at radius 2 is 0.713 bits per heavy atom. The number of likely N-dealkylation sites (N-methyl/N-ethyl adjacent to an activating group) is 1. The second-order valence-electron chi connectivity index (χ2n) is 22.8. The molecule has 0 saturated carbocycles. The number of carbonyl (C=O) groups excluding carboxylic acids is 2. The predicted molar refractivity (Wildman–Crippen MR) is 344 cm³/mol. The molecule has 10 heteroatoms. The Kier molecular flexibility index (Phi) is 57.8. The molecule has 0 bridgehead atoms. The highest BCUT2D eigenvalue weighted by molar-refractivity contribution is 7.47. The molecule has 1 N–H and O–H groups in total.